The average Bonchev–Trinajstić information content (AvgIpc) is 2.92. The molecule has 2 amide bonds. The molecular weight excluding hydrogens is 452 g/mol. The second-order valence-electron chi connectivity index (χ2n) is 9.53. The van der Waals surface area contributed by atoms with Gasteiger partial charge < -0.3 is 10.1 Å². The summed E-state index contributed by atoms with van der Waals surface area (Å²) in [5, 5.41) is 3.23. The lowest BCUT2D eigenvalue weighted by molar-refractivity contribution is -0.123. The molecule has 1 fully saturated rings. The van der Waals surface area contributed by atoms with E-state index in [9.17, 15) is 9.59 Å². The maximum atomic E-state index is 13.9. The number of benzene rings is 2. The minimum absolute atomic E-state index is 0.101. The Hall–Kier alpha value is -3.74. The molecule has 1 heterocycles. The van der Waals surface area contributed by atoms with Crippen LogP contribution >= 0.6 is 0 Å². The smallest absolute Gasteiger partial charge is 0.279 e. The van der Waals surface area contributed by atoms with Crippen LogP contribution in [0.2, 0.25) is 0 Å². The van der Waals surface area contributed by atoms with Crippen LogP contribution < -0.4 is 15.0 Å². The summed E-state index contributed by atoms with van der Waals surface area (Å²) in [6, 6.07) is 14.3. The number of rotatable bonds is 8. The lowest BCUT2D eigenvalue weighted by Crippen LogP contribution is -2.47. The zero-order chi connectivity index (χ0) is 25.5. The molecule has 0 aliphatic heterocycles. The van der Waals surface area contributed by atoms with E-state index >= 15 is 0 Å². The Labute approximate surface area is 212 Å². The second kappa shape index (κ2) is 11.8. The Bertz CT molecular complexity index is 1140. The molecule has 4 rings (SSSR count). The lowest BCUT2D eigenvalue weighted by atomic mass is 9.94. The highest BCUT2D eigenvalue weighted by molar-refractivity contribution is 6.09. The van der Waals surface area contributed by atoms with Crippen LogP contribution in [0.4, 0.5) is 5.69 Å². The van der Waals surface area contributed by atoms with Gasteiger partial charge in [0.15, 0.2) is 0 Å². The van der Waals surface area contributed by atoms with E-state index in [2.05, 4.69) is 29.1 Å². The lowest BCUT2D eigenvalue weighted by Gasteiger charge is -2.33. The van der Waals surface area contributed by atoms with Gasteiger partial charge in [0.2, 0.25) is 5.91 Å². The SMILES string of the molecule is COc1ccc([C@H](C(=O)NC2CCCCC2)N(C(=O)c2cnccn2)c2ccc(C(C)C)cc2)cc1. The largest absolute Gasteiger partial charge is 0.497 e. The van der Waals surface area contributed by atoms with Gasteiger partial charge >= 0.3 is 0 Å². The number of carbonyl (C=O) groups excluding carboxylic acids is 2. The van der Waals surface area contributed by atoms with Crippen molar-refractivity contribution in [2.24, 2.45) is 0 Å². The number of aromatic nitrogens is 2. The fourth-order valence-corrected chi connectivity index (χ4v) is 4.67. The van der Waals surface area contributed by atoms with E-state index in [0.717, 1.165) is 31.2 Å². The van der Waals surface area contributed by atoms with Gasteiger partial charge in [0, 0.05) is 24.1 Å². The predicted octanol–water partition coefficient (Wildman–Crippen LogP) is 5.45. The summed E-state index contributed by atoms with van der Waals surface area (Å²) in [5.41, 5.74) is 2.64. The van der Waals surface area contributed by atoms with Crippen molar-refractivity contribution in [2.75, 3.05) is 12.0 Å². The molecule has 0 spiro atoms. The van der Waals surface area contributed by atoms with Gasteiger partial charge in [0.25, 0.3) is 5.91 Å². The number of nitrogens with zero attached hydrogens (tertiary/aromatic N) is 3. The van der Waals surface area contributed by atoms with Crippen molar-refractivity contribution in [1.29, 1.82) is 0 Å². The summed E-state index contributed by atoms with van der Waals surface area (Å²) in [6.45, 7) is 4.24. The molecule has 2 aromatic carbocycles. The Morgan fingerprint density at radius 2 is 1.61 bits per heavy atom. The normalized spacial score (nSPS) is 14.8. The van der Waals surface area contributed by atoms with Crippen LogP contribution in [-0.4, -0.2) is 34.9 Å². The van der Waals surface area contributed by atoms with Crippen LogP contribution in [0.1, 0.15) is 79.5 Å². The first-order valence-electron chi connectivity index (χ1n) is 12.6. The average molecular weight is 487 g/mol. The number of methoxy groups -OCH3 is 1. The van der Waals surface area contributed by atoms with E-state index in [1.807, 2.05) is 48.5 Å². The Morgan fingerprint density at radius 3 is 2.19 bits per heavy atom. The Morgan fingerprint density at radius 1 is 0.944 bits per heavy atom. The molecule has 7 heteroatoms. The van der Waals surface area contributed by atoms with Crippen molar-refractivity contribution in [2.45, 2.75) is 64.0 Å². The summed E-state index contributed by atoms with van der Waals surface area (Å²) in [5.74, 6) is 0.422. The van der Waals surface area contributed by atoms with Gasteiger partial charge in [0.1, 0.15) is 17.5 Å². The van der Waals surface area contributed by atoms with Crippen LogP contribution in [0, 0.1) is 0 Å². The van der Waals surface area contributed by atoms with Crippen LogP contribution in [-0.2, 0) is 4.79 Å². The van der Waals surface area contributed by atoms with Crippen molar-refractivity contribution in [3.05, 3.63) is 83.9 Å². The van der Waals surface area contributed by atoms with Crippen molar-refractivity contribution >= 4 is 17.5 Å². The molecule has 1 saturated carbocycles. The van der Waals surface area contributed by atoms with E-state index in [1.165, 1.54) is 29.9 Å². The molecule has 1 atom stereocenters. The first-order chi connectivity index (χ1) is 17.5. The minimum Gasteiger partial charge on any atom is -0.497 e. The molecule has 0 unspecified atom stereocenters. The number of hydrogen-bond donors (Lipinski definition) is 1. The molecule has 0 saturated heterocycles. The van der Waals surface area contributed by atoms with E-state index in [-0.39, 0.29) is 23.6 Å². The quantitative estimate of drug-likeness (QED) is 0.458. The first kappa shape index (κ1) is 25.4. The first-order valence-corrected chi connectivity index (χ1v) is 12.6. The third-order valence-electron chi connectivity index (χ3n) is 6.73. The highest BCUT2D eigenvalue weighted by Crippen LogP contribution is 2.32. The van der Waals surface area contributed by atoms with Crippen molar-refractivity contribution in [3.8, 4) is 5.75 Å². The third kappa shape index (κ3) is 5.90. The summed E-state index contributed by atoms with van der Waals surface area (Å²) in [6.07, 6.45) is 9.71. The fraction of sp³-hybridized carbons (Fsp3) is 0.379. The number of anilines is 1. The van der Waals surface area contributed by atoms with Gasteiger partial charge in [-0.2, -0.15) is 0 Å². The Balaban J connectivity index is 1.80. The molecule has 3 aromatic rings. The number of amides is 2. The Kier molecular flexibility index (Phi) is 8.31. The molecule has 1 aliphatic carbocycles. The highest BCUT2D eigenvalue weighted by Gasteiger charge is 2.35. The molecular formula is C29H34N4O3. The van der Waals surface area contributed by atoms with Crippen LogP contribution in [0.15, 0.2) is 67.1 Å². The third-order valence-corrected chi connectivity index (χ3v) is 6.73. The van der Waals surface area contributed by atoms with Crippen LogP contribution in [0.3, 0.4) is 0 Å². The van der Waals surface area contributed by atoms with Gasteiger partial charge in [-0.1, -0.05) is 57.4 Å². The summed E-state index contributed by atoms with van der Waals surface area (Å²) in [7, 11) is 1.60. The van der Waals surface area contributed by atoms with Gasteiger partial charge in [-0.3, -0.25) is 19.5 Å². The molecule has 1 aromatic heterocycles. The maximum absolute atomic E-state index is 13.9. The summed E-state index contributed by atoms with van der Waals surface area (Å²) < 4.78 is 5.33. The molecule has 1 aliphatic rings. The van der Waals surface area contributed by atoms with Crippen LogP contribution in [0.25, 0.3) is 0 Å². The molecule has 36 heavy (non-hydrogen) atoms. The standard InChI is InChI=1S/C29H34N4O3/c1-20(2)21-9-13-24(14-10-21)33(29(35)26-19-30-17-18-31-26)27(22-11-15-25(36-3)16-12-22)28(34)32-23-7-5-4-6-8-23/h9-20,23,27H,4-8H2,1-3H3,(H,32,34)/t27-/m1/s1. The highest BCUT2D eigenvalue weighted by atomic mass is 16.5. The van der Waals surface area contributed by atoms with E-state index < -0.39 is 6.04 Å². The van der Waals surface area contributed by atoms with Gasteiger partial charge in [-0.25, -0.2) is 4.98 Å². The summed E-state index contributed by atoms with van der Waals surface area (Å²) >= 11 is 0. The molecule has 1 N–H and O–H groups in total. The zero-order valence-corrected chi connectivity index (χ0v) is 21.2. The topological polar surface area (TPSA) is 84.4 Å². The van der Waals surface area contributed by atoms with E-state index in [0.29, 0.717) is 22.9 Å². The molecule has 0 bridgehead atoms. The predicted molar refractivity (Wildman–Crippen MR) is 140 cm³/mol. The van der Waals surface area contributed by atoms with Crippen molar-refractivity contribution in [1.82, 2.24) is 15.3 Å². The number of ether oxygens (including phenoxy) is 1. The zero-order valence-electron chi connectivity index (χ0n) is 21.2. The maximum Gasteiger partial charge on any atom is 0.279 e. The van der Waals surface area contributed by atoms with Gasteiger partial charge in [-0.15, -0.1) is 0 Å². The number of carbonyl (C=O) groups is 2. The summed E-state index contributed by atoms with van der Waals surface area (Å²) in [4.78, 5) is 37.7. The minimum atomic E-state index is -0.891. The van der Waals surface area contributed by atoms with Gasteiger partial charge in [-0.05, 0) is 54.2 Å². The molecule has 188 valence electrons. The van der Waals surface area contributed by atoms with E-state index in [4.69, 9.17) is 4.74 Å². The van der Waals surface area contributed by atoms with Gasteiger partial charge in [0.05, 0.1) is 13.3 Å². The fourth-order valence-electron chi connectivity index (χ4n) is 4.67. The second-order valence-corrected chi connectivity index (χ2v) is 9.53. The number of nitrogens with one attached hydrogen (secondary N) is 1. The molecule has 0 radical (unpaired) electrons. The van der Waals surface area contributed by atoms with Crippen molar-refractivity contribution in [3.63, 3.8) is 0 Å². The van der Waals surface area contributed by atoms with Crippen LogP contribution in [0.5, 0.6) is 5.75 Å². The monoisotopic (exact) mass is 486 g/mol. The molecule has 7 nitrogen and oxygen atoms in total. The van der Waals surface area contributed by atoms with Crippen molar-refractivity contribution < 1.29 is 14.3 Å². The van der Waals surface area contributed by atoms with E-state index in [1.54, 1.807) is 7.11 Å². The number of hydrogen-bond acceptors (Lipinski definition) is 5.